The third-order valence-electron chi connectivity index (χ3n) is 2.15. The molecule has 1 aromatic rings. The molecular formula is C10H10BrFO3. The molecule has 1 aliphatic rings. The number of aliphatic hydroxyl groups excluding tert-OH is 1. The molecule has 0 aromatic heterocycles. The van der Waals surface area contributed by atoms with Crippen LogP contribution < -0.4 is 9.47 Å². The summed E-state index contributed by atoms with van der Waals surface area (Å²) in [5.41, 5.74) is 0.411. The minimum absolute atomic E-state index is 0.103. The Balaban J connectivity index is 2.46. The average Bonchev–Trinajstić information content (AvgIpc) is 2.59. The SMILES string of the molecule is CC(O)Cc1c(F)cc2c(c1Br)OCO2. The van der Waals surface area contributed by atoms with Crippen LogP contribution in [0.2, 0.25) is 0 Å². The molecule has 0 fully saturated rings. The summed E-state index contributed by atoms with van der Waals surface area (Å²) < 4.78 is 24.4. The lowest BCUT2D eigenvalue weighted by molar-refractivity contribution is 0.173. The van der Waals surface area contributed by atoms with Crippen molar-refractivity contribution < 1.29 is 19.0 Å². The molecule has 1 aliphatic heterocycles. The standard InChI is InChI=1S/C10H10BrFO3/c1-5(13)2-6-7(12)3-8-10(9(6)11)15-4-14-8/h3,5,13H,2,4H2,1H3. The molecule has 0 saturated carbocycles. The minimum atomic E-state index is -0.601. The molecular weight excluding hydrogens is 267 g/mol. The van der Waals surface area contributed by atoms with Crippen molar-refractivity contribution >= 4 is 15.9 Å². The molecule has 1 heterocycles. The van der Waals surface area contributed by atoms with E-state index in [9.17, 15) is 9.50 Å². The Bertz CT molecular complexity index is 393. The van der Waals surface area contributed by atoms with E-state index in [4.69, 9.17) is 9.47 Å². The van der Waals surface area contributed by atoms with Crippen LogP contribution in [-0.4, -0.2) is 18.0 Å². The van der Waals surface area contributed by atoms with Crippen LogP contribution in [0.4, 0.5) is 4.39 Å². The van der Waals surface area contributed by atoms with E-state index in [-0.39, 0.29) is 13.2 Å². The first-order valence-electron chi connectivity index (χ1n) is 4.54. The summed E-state index contributed by atoms with van der Waals surface area (Å²) in [6.07, 6.45) is -0.362. The van der Waals surface area contributed by atoms with Crippen LogP contribution in [0.5, 0.6) is 11.5 Å². The number of ether oxygens (including phenoxy) is 2. The topological polar surface area (TPSA) is 38.7 Å². The molecule has 1 atom stereocenters. The summed E-state index contributed by atoms with van der Waals surface area (Å²) in [6.45, 7) is 1.71. The summed E-state index contributed by atoms with van der Waals surface area (Å²) in [4.78, 5) is 0. The molecule has 1 unspecified atom stereocenters. The molecule has 5 heteroatoms. The zero-order valence-corrected chi connectivity index (χ0v) is 9.67. The summed E-state index contributed by atoms with van der Waals surface area (Å²) in [5, 5.41) is 9.24. The van der Waals surface area contributed by atoms with Gasteiger partial charge in [-0.25, -0.2) is 4.39 Å². The average molecular weight is 277 g/mol. The fourth-order valence-corrected chi connectivity index (χ4v) is 2.16. The van der Waals surface area contributed by atoms with E-state index in [0.29, 0.717) is 21.5 Å². The first-order chi connectivity index (χ1) is 7.09. The second-order valence-corrected chi connectivity index (χ2v) is 4.23. The van der Waals surface area contributed by atoms with Crippen LogP contribution in [0.15, 0.2) is 10.5 Å². The van der Waals surface area contributed by atoms with Gasteiger partial charge in [-0.3, -0.25) is 0 Å². The first kappa shape index (κ1) is 10.7. The predicted octanol–water partition coefficient (Wildman–Crippen LogP) is 2.24. The number of hydrogen-bond acceptors (Lipinski definition) is 3. The van der Waals surface area contributed by atoms with Crippen LogP contribution in [-0.2, 0) is 6.42 Å². The van der Waals surface area contributed by atoms with Gasteiger partial charge in [0.2, 0.25) is 6.79 Å². The van der Waals surface area contributed by atoms with Crippen molar-refractivity contribution in [2.24, 2.45) is 0 Å². The van der Waals surface area contributed by atoms with E-state index in [2.05, 4.69) is 15.9 Å². The molecule has 0 aliphatic carbocycles. The summed E-state index contributed by atoms with van der Waals surface area (Å²) in [6, 6.07) is 1.28. The van der Waals surface area contributed by atoms with Crippen molar-refractivity contribution in [3.8, 4) is 11.5 Å². The van der Waals surface area contributed by atoms with E-state index in [1.807, 2.05) is 0 Å². The van der Waals surface area contributed by atoms with Gasteiger partial charge >= 0.3 is 0 Å². The van der Waals surface area contributed by atoms with Gasteiger partial charge in [-0.2, -0.15) is 0 Å². The van der Waals surface area contributed by atoms with Crippen molar-refractivity contribution in [1.82, 2.24) is 0 Å². The molecule has 0 amide bonds. The van der Waals surface area contributed by atoms with Crippen molar-refractivity contribution in [2.45, 2.75) is 19.4 Å². The van der Waals surface area contributed by atoms with E-state index >= 15 is 0 Å². The Morgan fingerprint density at radius 1 is 1.60 bits per heavy atom. The van der Waals surface area contributed by atoms with Gasteiger partial charge in [0, 0.05) is 18.1 Å². The van der Waals surface area contributed by atoms with Crippen LogP contribution in [0.3, 0.4) is 0 Å². The van der Waals surface area contributed by atoms with Crippen LogP contribution in [0.1, 0.15) is 12.5 Å². The highest BCUT2D eigenvalue weighted by atomic mass is 79.9. The lowest BCUT2D eigenvalue weighted by Crippen LogP contribution is -2.07. The highest BCUT2D eigenvalue weighted by molar-refractivity contribution is 9.10. The quantitative estimate of drug-likeness (QED) is 0.901. The third kappa shape index (κ3) is 1.94. The van der Waals surface area contributed by atoms with Gasteiger partial charge in [-0.05, 0) is 22.9 Å². The molecule has 0 saturated heterocycles. The van der Waals surface area contributed by atoms with E-state index < -0.39 is 11.9 Å². The Labute approximate surface area is 94.9 Å². The Kier molecular flexibility index (Phi) is 2.84. The van der Waals surface area contributed by atoms with Crippen molar-refractivity contribution in [1.29, 1.82) is 0 Å². The van der Waals surface area contributed by atoms with Gasteiger partial charge in [0.1, 0.15) is 5.82 Å². The number of halogens is 2. The fourth-order valence-electron chi connectivity index (χ4n) is 1.49. The molecule has 3 nitrogen and oxygen atoms in total. The maximum atomic E-state index is 13.6. The highest BCUT2D eigenvalue weighted by Crippen LogP contribution is 2.42. The molecule has 0 spiro atoms. The normalized spacial score (nSPS) is 15.5. The summed E-state index contributed by atoms with van der Waals surface area (Å²) in [5.74, 6) is 0.507. The van der Waals surface area contributed by atoms with Gasteiger partial charge < -0.3 is 14.6 Å². The maximum absolute atomic E-state index is 13.6. The third-order valence-corrected chi connectivity index (χ3v) is 2.99. The van der Waals surface area contributed by atoms with Crippen LogP contribution in [0, 0.1) is 5.82 Å². The molecule has 0 bridgehead atoms. The zero-order chi connectivity index (χ0) is 11.0. The second-order valence-electron chi connectivity index (χ2n) is 3.44. The monoisotopic (exact) mass is 276 g/mol. The Morgan fingerprint density at radius 3 is 3.00 bits per heavy atom. The number of fused-ring (bicyclic) bond motifs is 1. The molecule has 2 rings (SSSR count). The van der Waals surface area contributed by atoms with Crippen molar-refractivity contribution in [2.75, 3.05) is 6.79 Å². The molecule has 1 aromatic carbocycles. The van der Waals surface area contributed by atoms with Crippen molar-refractivity contribution in [3.05, 3.63) is 21.9 Å². The van der Waals surface area contributed by atoms with Crippen molar-refractivity contribution in [3.63, 3.8) is 0 Å². The molecule has 1 N–H and O–H groups in total. The van der Waals surface area contributed by atoms with E-state index in [0.717, 1.165) is 0 Å². The lowest BCUT2D eigenvalue weighted by Gasteiger charge is -2.10. The van der Waals surface area contributed by atoms with Gasteiger partial charge in [0.05, 0.1) is 10.6 Å². The lowest BCUT2D eigenvalue weighted by atomic mass is 10.1. The van der Waals surface area contributed by atoms with E-state index in [1.165, 1.54) is 6.07 Å². The van der Waals surface area contributed by atoms with Gasteiger partial charge in [-0.1, -0.05) is 0 Å². The number of benzene rings is 1. The minimum Gasteiger partial charge on any atom is -0.453 e. The van der Waals surface area contributed by atoms with Crippen LogP contribution in [0.25, 0.3) is 0 Å². The predicted molar refractivity (Wildman–Crippen MR) is 55.6 cm³/mol. The first-order valence-corrected chi connectivity index (χ1v) is 5.33. The highest BCUT2D eigenvalue weighted by Gasteiger charge is 2.23. The summed E-state index contributed by atoms with van der Waals surface area (Å²) >= 11 is 3.26. The maximum Gasteiger partial charge on any atom is 0.231 e. The number of rotatable bonds is 2. The van der Waals surface area contributed by atoms with Gasteiger partial charge in [-0.15, -0.1) is 0 Å². The number of hydrogen-bond donors (Lipinski definition) is 1. The van der Waals surface area contributed by atoms with Gasteiger partial charge in [0.25, 0.3) is 0 Å². The molecule has 82 valence electrons. The molecule has 15 heavy (non-hydrogen) atoms. The Hall–Kier alpha value is -0.810. The van der Waals surface area contributed by atoms with Crippen LogP contribution >= 0.6 is 15.9 Å². The number of aliphatic hydroxyl groups is 1. The largest absolute Gasteiger partial charge is 0.453 e. The zero-order valence-electron chi connectivity index (χ0n) is 8.09. The molecule has 0 radical (unpaired) electrons. The van der Waals surface area contributed by atoms with E-state index in [1.54, 1.807) is 6.92 Å². The van der Waals surface area contributed by atoms with Gasteiger partial charge in [0.15, 0.2) is 11.5 Å². The summed E-state index contributed by atoms with van der Waals surface area (Å²) in [7, 11) is 0. The fraction of sp³-hybridized carbons (Fsp3) is 0.400. The second kappa shape index (κ2) is 3.98. The Morgan fingerprint density at radius 2 is 2.33 bits per heavy atom. The smallest absolute Gasteiger partial charge is 0.231 e.